The van der Waals surface area contributed by atoms with Crippen LogP contribution in [0.4, 0.5) is 0 Å². The fraction of sp³-hybridized carbons (Fsp3) is 0.0588. The van der Waals surface area contributed by atoms with Crippen molar-refractivity contribution in [1.82, 2.24) is 14.1 Å². The SMILES string of the molecule is Cn1ccnc1-n1c2ccccc2c2cc(C#N)ccc21. The number of nitrogens with zero attached hydrogens (tertiary/aromatic N) is 4. The van der Waals surface area contributed by atoms with Crippen LogP contribution in [0.25, 0.3) is 27.8 Å². The number of aromatic nitrogens is 3. The van der Waals surface area contributed by atoms with E-state index in [0.717, 1.165) is 27.8 Å². The second-order valence-corrected chi connectivity index (χ2v) is 5.03. The van der Waals surface area contributed by atoms with Crippen LogP contribution in [0, 0.1) is 11.3 Å². The Morgan fingerprint density at radius 1 is 1.05 bits per heavy atom. The summed E-state index contributed by atoms with van der Waals surface area (Å²) >= 11 is 0. The van der Waals surface area contributed by atoms with Crippen molar-refractivity contribution in [1.29, 1.82) is 5.26 Å². The fourth-order valence-electron chi connectivity index (χ4n) is 2.83. The lowest BCUT2D eigenvalue weighted by Gasteiger charge is -2.06. The van der Waals surface area contributed by atoms with Gasteiger partial charge in [-0.15, -0.1) is 0 Å². The van der Waals surface area contributed by atoms with E-state index in [1.54, 1.807) is 6.20 Å². The first-order valence-electron chi connectivity index (χ1n) is 6.70. The van der Waals surface area contributed by atoms with E-state index in [1.165, 1.54) is 0 Å². The van der Waals surface area contributed by atoms with Gasteiger partial charge in [0.15, 0.2) is 0 Å². The first-order chi connectivity index (χ1) is 10.3. The van der Waals surface area contributed by atoms with E-state index in [-0.39, 0.29) is 0 Å². The number of hydrogen-bond donors (Lipinski definition) is 0. The molecule has 21 heavy (non-hydrogen) atoms. The average molecular weight is 272 g/mol. The Labute approximate surface area is 121 Å². The Morgan fingerprint density at radius 2 is 1.86 bits per heavy atom. The van der Waals surface area contributed by atoms with Crippen LogP contribution in [-0.4, -0.2) is 14.1 Å². The molecule has 0 fully saturated rings. The predicted octanol–water partition coefficient (Wildman–Crippen LogP) is 3.39. The monoisotopic (exact) mass is 272 g/mol. The standard InChI is InChI=1S/C17H12N4/c1-20-9-8-19-17(20)21-15-5-3-2-4-13(15)14-10-12(11-18)6-7-16(14)21/h2-10H,1H3. The van der Waals surface area contributed by atoms with E-state index < -0.39 is 0 Å². The predicted molar refractivity (Wildman–Crippen MR) is 82.3 cm³/mol. The third kappa shape index (κ3) is 1.58. The zero-order valence-corrected chi connectivity index (χ0v) is 11.5. The number of para-hydroxylation sites is 1. The van der Waals surface area contributed by atoms with Gasteiger partial charge in [-0.1, -0.05) is 18.2 Å². The van der Waals surface area contributed by atoms with Gasteiger partial charge in [-0.2, -0.15) is 5.26 Å². The van der Waals surface area contributed by atoms with Crippen LogP contribution in [0.2, 0.25) is 0 Å². The smallest absolute Gasteiger partial charge is 0.214 e. The topological polar surface area (TPSA) is 46.5 Å². The van der Waals surface area contributed by atoms with Crippen LogP contribution in [0.15, 0.2) is 54.9 Å². The molecule has 0 saturated heterocycles. The van der Waals surface area contributed by atoms with Gasteiger partial charge in [0.2, 0.25) is 5.95 Å². The zero-order valence-electron chi connectivity index (χ0n) is 11.5. The second-order valence-electron chi connectivity index (χ2n) is 5.03. The molecule has 0 radical (unpaired) electrons. The van der Waals surface area contributed by atoms with Gasteiger partial charge < -0.3 is 4.57 Å². The molecule has 0 amide bonds. The Morgan fingerprint density at radius 3 is 2.62 bits per heavy atom. The number of aryl methyl sites for hydroxylation is 1. The maximum Gasteiger partial charge on any atom is 0.214 e. The van der Waals surface area contributed by atoms with Crippen LogP contribution >= 0.6 is 0 Å². The van der Waals surface area contributed by atoms with E-state index in [1.807, 2.05) is 48.1 Å². The number of rotatable bonds is 1. The molecule has 4 rings (SSSR count). The largest absolute Gasteiger partial charge is 0.320 e. The molecule has 0 unspecified atom stereocenters. The highest BCUT2D eigenvalue weighted by atomic mass is 15.2. The summed E-state index contributed by atoms with van der Waals surface area (Å²) < 4.78 is 4.12. The lowest BCUT2D eigenvalue weighted by molar-refractivity contribution is 0.846. The van der Waals surface area contributed by atoms with E-state index in [0.29, 0.717) is 5.56 Å². The Balaban J connectivity index is 2.23. The van der Waals surface area contributed by atoms with Crippen LogP contribution < -0.4 is 0 Å². The van der Waals surface area contributed by atoms with Crippen molar-refractivity contribution in [2.24, 2.45) is 7.05 Å². The van der Waals surface area contributed by atoms with Crippen LogP contribution in [-0.2, 0) is 7.05 Å². The summed E-state index contributed by atoms with van der Waals surface area (Å²) in [6, 6.07) is 16.2. The lowest BCUT2D eigenvalue weighted by atomic mass is 10.1. The van der Waals surface area contributed by atoms with Gasteiger partial charge in [0.1, 0.15) is 0 Å². The van der Waals surface area contributed by atoms with Crippen molar-refractivity contribution in [3.63, 3.8) is 0 Å². The third-order valence-electron chi connectivity index (χ3n) is 3.80. The summed E-state index contributed by atoms with van der Waals surface area (Å²) in [5.41, 5.74) is 2.83. The second kappa shape index (κ2) is 4.22. The van der Waals surface area contributed by atoms with Crippen molar-refractivity contribution in [3.05, 3.63) is 60.4 Å². The molecule has 2 heterocycles. The van der Waals surface area contributed by atoms with Crippen molar-refractivity contribution >= 4 is 21.8 Å². The normalized spacial score (nSPS) is 11.0. The molecule has 0 aliphatic rings. The number of hydrogen-bond acceptors (Lipinski definition) is 2. The van der Waals surface area contributed by atoms with Gasteiger partial charge >= 0.3 is 0 Å². The van der Waals surface area contributed by atoms with Gasteiger partial charge in [-0.3, -0.25) is 4.57 Å². The van der Waals surface area contributed by atoms with E-state index in [9.17, 15) is 0 Å². The average Bonchev–Trinajstić information content (AvgIpc) is 3.07. The maximum atomic E-state index is 9.13. The highest BCUT2D eigenvalue weighted by Gasteiger charge is 2.14. The summed E-state index contributed by atoms with van der Waals surface area (Å²) in [4.78, 5) is 4.46. The summed E-state index contributed by atoms with van der Waals surface area (Å²) in [5.74, 6) is 0.867. The van der Waals surface area contributed by atoms with Gasteiger partial charge in [-0.25, -0.2) is 4.98 Å². The summed E-state index contributed by atoms with van der Waals surface area (Å²) in [5, 5.41) is 11.3. The van der Waals surface area contributed by atoms with Crippen LogP contribution in [0.3, 0.4) is 0 Å². The maximum absolute atomic E-state index is 9.13. The molecule has 0 bridgehead atoms. The molecule has 100 valence electrons. The number of fused-ring (bicyclic) bond motifs is 3. The molecule has 4 nitrogen and oxygen atoms in total. The highest BCUT2D eigenvalue weighted by Crippen LogP contribution is 2.31. The molecular formula is C17H12N4. The molecular weight excluding hydrogens is 260 g/mol. The molecule has 2 aromatic carbocycles. The molecule has 0 aliphatic heterocycles. The van der Waals surface area contributed by atoms with Crippen molar-refractivity contribution in [3.8, 4) is 12.0 Å². The van der Waals surface area contributed by atoms with E-state index in [4.69, 9.17) is 5.26 Å². The lowest BCUT2D eigenvalue weighted by Crippen LogP contribution is -2.02. The molecule has 2 aromatic heterocycles. The number of benzene rings is 2. The first-order valence-corrected chi connectivity index (χ1v) is 6.70. The van der Waals surface area contributed by atoms with Gasteiger partial charge in [0, 0.05) is 30.2 Å². The molecule has 0 spiro atoms. The Kier molecular flexibility index (Phi) is 2.36. The van der Waals surface area contributed by atoms with Crippen LogP contribution in [0.1, 0.15) is 5.56 Å². The quantitative estimate of drug-likeness (QED) is 0.533. The molecule has 0 aliphatic carbocycles. The summed E-state index contributed by atoms with van der Waals surface area (Å²) in [6.07, 6.45) is 3.72. The molecule has 4 heteroatoms. The number of imidazole rings is 1. The minimum absolute atomic E-state index is 0.672. The van der Waals surface area contributed by atoms with E-state index >= 15 is 0 Å². The zero-order chi connectivity index (χ0) is 14.4. The van der Waals surface area contributed by atoms with Crippen molar-refractivity contribution in [2.75, 3.05) is 0 Å². The Hall–Kier alpha value is -3.06. The minimum atomic E-state index is 0.672. The first kappa shape index (κ1) is 11.7. The van der Waals surface area contributed by atoms with Gasteiger partial charge in [0.25, 0.3) is 0 Å². The third-order valence-corrected chi connectivity index (χ3v) is 3.80. The van der Waals surface area contributed by atoms with Crippen LogP contribution in [0.5, 0.6) is 0 Å². The van der Waals surface area contributed by atoms with E-state index in [2.05, 4.69) is 27.8 Å². The molecule has 0 atom stereocenters. The fourth-order valence-corrected chi connectivity index (χ4v) is 2.83. The molecule has 0 saturated carbocycles. The van der Waals surface area contributed by atoms with Crippen molar-refractivity contribution < 1.29 is 0 Å². The highest BCUT2D eigenvalue weighted by molar-refractivity contribution is 6.09. The van der Waals surface area contributed by atoms with Gasteiger partial charge in [0.05, 0.1) is 22.7 Å². The molecule has 0 N–H and O–H groups in total. The summed E-state index contributed by atoms with van der Waals surface area (Å²) in [7, 11) is 1.98. The Bertz CT molecular complexity index is 1010. The van der Waals surface area contributed by atoms with Gasteiger partial charge in [-0.05, 0) is 24.3 Å². The minimum Gasteiger partial charge on any atom is -0.320 e. The van der Waals surface area contributed by atoms with Crippen molar-refractivity contribution in [2.45, 2.75) is 0 Å². The molecule has 4 aromatic rings. The number of nitriles is 1. The summed E-state index contributed by atoms with van der Waals surface area (Å²) in [6.45, 7) is 0.